The number of aryl methyl sites for hydroxylation is 3. The smallest absolute Gasteiger partial charge is 0.303 e. The molecule has 0 radical (unpaired) electrons. The summed E-state index contributed by atoms with van der Waals surface area (Å²) in [7, 11) is 1.69. The molecule has 0 aliphatic carbocycles. The quantitative estimate of drug-likeness (QED) is 0.429. The molecule has 3 aromatic carbocycles. The third kappa shape index (κ3) is 4.23. The van der Waals surface area contributed by atoms with Crippen LogP contribution in [0.3, 0.4) is 0 Å². The lowest BCUT2D eigenvalue weighted by atomic mass is 10.0. The van der Waals surface area contributed by atoms with Crippen molar-refractivity contribution in [3.63, 3.8) is 0 Å². The van der Waals surface area contributed by atoms with Crippen molar-refractivity contribution in [2.75, 3.05) is 7.11 Å². The predicted molar refractivity (Wildman–Crippen MR) is 120 cm³/mol. The zero-order valence-electron chi connectivity index (χ0n) is 17.0. The maximum Gasteiger partial charge on any atom is 0.303 e. The number of rotatable bonds is 8. The van der Waals surface area contributed by atoms with Crippen molar-refractivity contribution in [3.05, 3.63) is 95.7 Å². The molecule has 0 unspecified atom stereocenters. The van der Waals surface area contributed by atoms with Crippen LogP contribution in [0.25, 0.3) is 16.6 Å². The number of aliphatic carboxylic acids is 1. The van der Waals surface area contributed by atoms with Gasteiger partial charge in [0.25, 0.3) is 0 Å². The summed E-state index contributed by atoms with van der Waals surface area (Å²) in [5.41, 5.74) is 5.69. The van der Waals surface area contributed by atoms with Gasteiger partial charge in [-0.05, 0) is 60.2 Å². The van der Waals surface area contributed by atoms with Gasteiger partial charge in [0.2, 0.25) is 0 Å². The summed E-state index contributed by atoms with van der Waals surface area (Å²) in [6.45, 7) is 0. The van der Waals surface area contributed by atoms with Crippen LogP contribution in [0.5, 0.6) is 5.75 Å². The van der Waals surface area contributed by atoms with E-state index in [4.69, 9.17) is 9.84 Å². The lowest BCUT2D eigenvalue weighted by Gasteiger charge is -2.11. The normalized spacial score (nSPS) is 11.0. The Morgan fingerprint density at radius 2 is 1.67 bits per heavy atom. The highest BCUT2D eigenvalue weighted by Gasteiger charge is 2.14. The average molecular weight is 399 g/mol. The summed E-state index contributed by atoms with van der Waals surface area (Å²) in [6.07, 6.45) is 4.71. The van der Waals surface area contributed by atoms with Crippen LogP contribution in [0, 0.1) is 0 Å². The molecule has 0 amide bonds. The number of nitrogens with zero attached hydrogens (tertiary/aromatic N) is 1. The monoisotopic (exact) mass is 399 g/mol. The second-order valence-electron chi connectivity index (χ2n) is 7.43. The number of carbonyl (C=O) groups is 1. The number of para-hydroxylation sites is 2. The first-order valence-electron chi connectivity index (χ1n) is 10.2. The van der Waals surface area contributed by atoms with Crippen molar-refractivity contribution in [1.82, 2.24) is 4.57 Å². The predicted octanol–water partition coefficient (Wildman–Crippen LogP) is 5.44. The fourth-order valence-corrected chi connectivity index (χ4v) is 3.90. The van der Waals surface area contributed by atoms with Gasteiger partial charge in [0.15, 0.2) is 0 Å². The van der Waals surface area contributed by atoms with Gasteiger partial charge in [-0.1, -0.05) is 48.5 Å². The summed E-state index contributed by atoms with van der Waals surface area (Å²) in [4.78, 5) is 11.0. The minimum absolute atomic E-state index is 0.137. The average Bonchev–Trinajstić information content (AvgIpc) is 3.14. The molecule has 4 aromatic rings. The van der Waals surface area contributed by atoms with Crippen molar-refractivity contribution in [2.24, 2.45) is 0 Å². The lowest BCUT2D eigenvalue weighted by Crippen LogP contribution is -1.98. The fourth-order valence-electron chi connectivity index (χ4n) is 3.90. The van der Waals surface area contributed by atoms with E-state index in [9.17, 15) is 4.79 Å². The summed E-state index contributed by atoms with van der Waals surface area (Å²) in [5, 5.41) is 10.2. The molecule has 0 aliphatic rings. The SMILES string of the molecule is COc1ccccc1-n1cc(CCc2ccccc2)c2cc(CCC(=O)O)ccc21. The van der Waals surface area contributed by atoms with Crippen LogP contribution in [0.4, 0.5) is 0 Å². The van der Waals surface area contributed by atoms with E-state index in [0.29, 0.717) is 6.42 Å². The van der Waals surface area contributed by atoms with E-state index in [1.54, 1.807) is 7.11 Å². The first kappa shape index (κ1) is 19.8. The Labute approximate surface area is 176 Å². The molecule has 4 rings (SSSR count). The number of carboxylic acid groups (broad SMARTS) is 1. The molecule has 0 aliphatic heterocycles. The van der Waals surface area contributed by atoms with Crippen molar-refractivity contribution in [2.45, 2.75) is 25.7 Å². The van der Waals surface area contributed by atoms with Crippen molar-refractivity contribution in [1.29, 1.82) is 0 Å². The second kappa shape index (κ2) is 8.87. The van der Waals surface area contributed by atoms with E-state index in [1.165, 1.54) is 16.5 Å². The molecule has 1 N–H and O–H groups in total. The molecule has 0 spiro atoms. The zero-order chi connectivity index (χ0) is 20.9. The maximum absolute atomic E-state index is 11.0. The molecule has 152 valence electrons. The Hall–Kier alpha value is -3.53. The summed E-state index contributed by atoms with van der Waals surface area (Å²) in [6, 6.07) is 24.7. The highest BCUT2D eigenvalue weighted by Crippen LogP contribution is 2.31. The van der Waals surface area contributed by atoms with Gasteiger partial charge in [0, 0.05) is 18.0 Å². The van der Waals surface area contributed by atoms with Crippen LogP contribution in [0.15, 0.2) is 79.0 Å². The van der Waals surface area contributed by atoms with Crippen molar-refractivity contribution >= 4 is 16.9 Å². The molecule has 30 heavy (non-hydrogen) atoms. The molecule has 0 bridgehead atoms. The number of carboxylic acids is 1. The van der Waals surface area contributed by atoms with E-state index in [2.05, 4.69) is 53.2 Å². The van der Waals surface area contributed by atoms with Crippen LogP contribution in [0.2, 0.25) is 0 Å². The third-order valence-corrected chi connectivity index (χ3v) is 5.45. The standard InChI is InChI=1S/C26H25NO3/c1-30-25-10-6-5-9-24(25)27-18-21(14-11-19-7-3-2-4-8-19)22-17-20(12-15-23(22)27)13-16-26(28)29/h2-10,12,15,17-18H,11,13-14,16H2,1H3,(H,28,29). The lowest BCUT2D eigenvalue weighted by molar-refractivity contribution is -0.136. The largest absolute Gasteiger partial charge is 0.495 e. The maximum atomic E-state index is 11.0. The molecule has 1 aromatic heterocycles. The van der Waals surface area contributed by atoms with Crippen LogP contribution in [-0.2, 0) is 24.1 Å². The van der Waals surface area contributed by atoms with E-state index in [0.717, 1.165) is 35.4 Å². The molecule has 1 heterocycles. The highest BCUT2D eigenvalue weighted by molar-refractivity contribution is 5.87. The molecular weight excluding hydrogens is 374 g/mol. The zero-order valence-corrected chi connectivity index (χ0v) is 17.0. The first-order chi connectivity index (χ1) is 14.7. The van der Waals surface area contributed by atoms with Gasteiger partial charge in [-0.2, -0.15) is 0 Å². The number of fused-ring (bicyclic) bond motifs is 1. The number of ether oxygens (including phenoxy) is 1. The minimum atomic E-state index is -0.772. The molecule has 0 atom stereocenters. The fraction of sp³-hybridized carbons (Fsp3) is 0.192. The second-order valence-corrected chi connectivity index (χ2v) is 7.43. The molecule has 4 nitrogen and oxygen atoms in total. The van der Waals surface area contributed by atoms with Gasteiger partial charge < -0.3 is 14.4 Å². The van der Waals surface area contributed by atoms with Gasteiger partial charge in [-0.15, -0.1) is 0 Å². The molecular formula is C26H25NO3. The van der Waals surface area contributed by atoms with Gasteiger partial charge >= 0.3 is 5.97 Å². The van der Waals surface area contributed by atoms with Crippen LogP contribution in [-0.4, -0.2) is 22.8 Å². The Balaban J connectivity index is 1.77. The third-order valence-electron chi connectivity index (χ3n) is 5.45. The summed E-state index contributed by atoms with van der Waals surface area (Å²) >= 11 is 0. The molecule has 0 saturated carbocycles. The van der Waals surface area contributed by atoms with E-state index >= 15 is 0 Å². The Kier molecular flexibility index (Phi) is 5.84. The topological polar surface area (TPSA) is 51.5 Å². The van der Waals surface area contributed by atoms with Gasteiger partial charge in [0.05, 0.1) is 18.3 Å². The Morgan fingerprint density at radius 1 is 0.900 bits per heavy atom. The summed E-state index contributed by atoms with van der Waals surface area (Å²) in [5.74, 6) is 0.0463. The van der Waals surface area contributed by atoms with Gasteiger partial charge in [0.1, 0.15) is 5.75 Å². The van der Waals surface area contributed by atoms with E-state index < -0.39 is 5.97 Å². The number of aromatic nitrogens is 1. The number of hydrogen-bond acceptors (Lipinski definition) is 2. The van der Waals surface area contributed by atoms with Crippen LogP contribution >= 0.6 is 0 Å². The molecule has 4 heteroatoms. The van der Waals surface area contributed by atoms with Gasteiger partial charge in [-0.3, -0.25) is 4.79 Å². The minimum Gasteiger partial charge on any atom is -0.495 e. The van der Waals surface area contributed by atoms with Crippen LogP contribution in [0.1, 0.15) is 23.1 Å². The van der Waals surface area contributed by atoms with E-state index in [-0.39, 0.29) is 6.42 Å². The highest BCUT2D eigenvalue weighted by atomic mass is 16.5. The van der Waals surface area contributed by atoms with Crippen molar-refractivity contribution < 1.29 is 14.6 Å². The molecule has 0 saturated heterocycles. The molecule has 0 fully saturated rings. The number of hydrogen-bond donors (Lipinski definition) is 1. The number of methoxy groups -OCH3 is 1. The van der Waals surface area contributed by atoms with Gasteiger partial charge in [-0.25, -0.2) is 0 Å². The van der Waals surface area contributed by atoms with E-state index in [1.807, 2.05) is 30.3 Å². The van der Waals surface area contributed by atoms with Crippen molar-refractivity contribution in [3.8, 4) is 11.4 Å². The first-order valence-corrected chi connectivity index (χ1v) is 10.2. The Bertz CT molecular complexity index is 1160. The van der Waals surface area contributed by atoms with Crippen LogP contribution < -0.4 is 4.74 Å². The Morgan fingerprint density at radius 3 is 2.43 bits per heavy atom. The number of benzene rings is 3. The summed E-state index contributed by atoms with van der Waals surface area (Å²) < 4.78 is 7.77.